The molecule has 2 rings (SSSR count). The van der Waals surface area contributed by atoms with E-state index in [-0.39, 0.29) is 11.4 Å². The molecule has 20 heavy (non-hydrogen) atoms. The van der Waals surface area contributed by atoms with Crippen LogP contribution in [0.1, 0.15) is 32.2 Å². The van der Waals surface area contributed by atoms with E-state index in [0.717, 1.165) is 15.9 Å². The normalized spacial score (nSPS) is 11.8. The minimum absolute atomic E-state index is 0.0267. The highest BCUT2D eigenvalue weighted by Crippen LogP contribution is 2.15. The molecule has 6 heteroatoms. The summed E-state index contributed by atoms with van der Waals surface area (Å²) in [7, 11) is 0. The molecule has 0 spiro atoms. The second-order valence-corrected chi connectivity index (χ2v) is 6.66. The third-order valence-electron chi connectivity index (χ3n) is 2.63. The van der Waals surface area contributed by atoms with Crippen molar-refractivity contribution in [3.63, 3.8) is 0 Å². The number of nitrogens with one attached hydrogen (secondary N) is 1. The molecule has 1 heterocycles. The molecule has 1 N–H and O–H groups in total. The molecule has 0 atom stereocenters. The molecule has 0 unspecified atom stereocenters. The van der Waals surface area contributed by atoms with Gasteiger partial charge in [0.05, 0.1) is 13.1 Å². The van der Waals surface area contributed by atoms with E-state index in [9.17, 15) is 4.39 Å². The zero-order valence-electron chi connectivity index (χ0n) is 11.8. The van der Waals surface area contributed by atoms with Crippen molar-refractivity contribution in [1.82, 2.24) is 20.1 Å². The summed E-state index contributed by atoms with van der Waals surface area (Å²) < 4.78 is 15.7. The smallest absolute Gasteiger partial charge is 0.164 e. The Morgan fingerprint density at radius 1 is 1.30 bits per heavy atom. The first kappa shape index (κ1) is 15.1. The van der Waals surface area contributed by atoms with E-state index in [1.165, 1.54) is 12.1 Å². The van der Waals surface area contributed by atoms with Crippen LogP contribution in [0, 0.1) is 5.82 Å². The molecule has 0 fully saturated rings. The van der Waals surface area contributed by atoms with Crippen molar-refractivity contribution in [1.29, 1.82) is 0 Å². The summed E-state index contributed by atoms with van der Waals surface area (Å²) in [6.07, 6.45) is 1.67. The van der Waals surface area contributed by atoms with Crippen LogP contribution in [-0.2, 0) is 13.1 Å². The first-order valence-corrected chi connectivity index (χ1v) is 7.19. The third-order valence-corrected chi connectivity index (χ3v) is 3.09. The Bertz CT molecular complexity index is 569. The highest BCUT2D eigenvalue weighted by atomic mass is 79.9. The molecule has 0 amide bonds. The van der Waals surface area contributed by atoms with Crippen LogP contribution in [0.15, 0.2) is 29.0 Å². The van der Waals surface area contributed by atoms with Crippen LogP contribution in [-0.4, -0.2) is 20.3 Å². The number of benzene rings is 1. The molecule has 1 aromatic carbocycles. The Morgan fingerprint density at radius 3 is 2.70 bits per heavy atom. The van der Waals surface area contributed by atoms with Gasteiger partial charge in [-0.3, -0.25) is 0 Å². The maximum atomic E-state index is 13.3. The predicted molar refractivity (Wildman–Crippen MR) is 79.8 cm³/mol. The molecule has 0 aliphatic carbocycles. The zero-order chi connectivity index (χ0) is 14.8. The molecule has 0 aliphatic rings. The molecule has 0 radical (unpaired) electrons. The van der Waals surface area contributed by atoms with Crippen LogP contribution in [0.25, 0.3) is 0 Å². The van der Waals surface area contributed by atoms with Gasteiger partial charge in [0.2, 0.25) is 0 Å². The molecule has 2 aromatic rings. The fourth-order valence-electron chi connectivity index (χ4n) is 1.72. The van der Waals surface area contributed by atoms with Crippen molar-refractivity contribution >= 4 is 15.9 Å². The summed E-state index contributed by atoms with van der Waals surface area (Å²) in [6.45, 7) is 7.39. The maximum absolute atomic E-state index is 13.3. The van der Waals surface area contributed by atoms with Crippen LogP contribution in [0.4, 0.5) is 4.39 Å². The van der Waals surface area contributed by atoms with Gasteiger partial charge in [-0.1, -0.05) is 15.9 Å². The molecule has 1 aromatic heterocycles. The van der Waals surface area contributed by atoms with Gasteiger partial charge in [-0.15, -0.1) is 0 Å². The Hall–Kier alpha value is -1.27. The predicted octanol–water partition coefficient (Wildman–Crippen LogP) is 3.12. The van der Waals surface area contributed by atoms with E-state index in [1.807, 2.05) is 6.07 Å². The first-order chi connectivity index (χ1) is 9.32. The molecular formula is C14H18BrFN4. The number of nitrogens with zero attached hydrogens (tertiary/aromatic N) is 3. The average Bonchev–Trinajstić information content (AvgIpc) is 2.72. The van der Waals surface area contributed by atoms with Gasteiger partial charge < -0.3 is 5.32 Å². The zero-order valence-corrected chi connectivity index (χ0v) is 13.4. The fraction of sp³-hybridized carbons (Fsp3) is 0.429. The van der Waals surface area contributed by atoms with E-state index in [2.05, 4.69) is 52.1 Å². The minimum atomic E-state index is -0.260. The number of rotatable bonds is 4. The lowest BCUT2D eigenvalue weighted by Crippen LogP contribution is -2.35. The Morgan fingerprint density at radius 2 is 2.05 bits per heavy atom. The molecule has 108 valence electrons. The van der Waals surface area contributed by atoms with Crippen molar-refractivity contribution < 1.29 is 4.39 Å². The van der Waals surface area contributed by atoms with Crippen molar-refractivity contribution in [3.8, 4) is 0 Å². The standard InChI is InChI=1S/C14H18BrFN4/c1-14(2,3)18-7-13-17-9-20(19-13)8-10-4-11(15)6-12(16)5-10/h4-6,9,18H,7-8H2,1-3H3. The summed E-state index contributed by atoms with van der Waals surface area (Å²) in [6, 6.07) is 4.81. The molecule has 4 nitrogen and oxygen atoms in total. The SMILES string of the molecule is CC(C)(C)NCc1ncn(Cc2cc(F)cc(Br)c2)n1. The Labute approximate surface area is 126 Å². The number of hydrogen-bond donors (Lipinski definition) is 1. The van der Waals surface area contributed by atoms with Gasteiger partial charge in [-0.2, -0.15) is 5.10 Å². The lowest BCUT2D eigenvalue weighted by Gasteiger charge is -2.19. The van der Waals surface area contributed by atoms with Gasteiger partial charge in [0.15, 0.2) is 5.82 Å². The van der Waals surface area contributed by atoms with Crippen LogP contribution in [0.2, 0.25) is 0 Å². The number of halogens is 2. The summed E-state index contributed by atoms with van der Waals surface area (Å²) in [5.74, 6) is 0.472. The highest BCUT2D eigenvalue weighted by Gasteiger charge is 2.10. The maximum Gasteiger partial charge on any atom is 0.164 e. The largest absolute Gasteiger partial charge is 0.305 e. The highest BCUT2D eigenvalue weighted by molar-refractivity contribution is 9.10. The number of aromatic nitrogens is 3. The monoisotopic (exact) mass is 340 g/mol. The van der Waals surface area contributed by atoms with Crippen molar-refractivity contribution in [2.45, 2.75) is 39.4 Å². The molecule has 0 bridgehead atoms. The van der Waals surface area contributed by atoms with Crippen LogP contribution < -0.4 is 5.32 Å². The minimum Gasteiger partial charge on any atom is -0.305 e. The lowest BCUT2D eigenvalue weighted by molar-refractivity contribution is 0.417. The Kier molecular flexibility index (Phi) is 4.55. The van der Waals surface area contributed by atoms with Gasteiger partial charge in [-0.05, 0) is 44.5 Å². The van der Waals surface area contributed by atoms with E-state index in [4.69, 9.17) is 0 Å². The second-order valence-electron chi connectivity index (χ2n) is 5.74. The summed E-state index contributed by atoms with van der Waals surface area (Å²) in [4.78, 5) is 4.24. The van der Waals surface area contributed by atoms with Gasteiger partial charge in [-0.25, -0.2) is 14.1 Å². The lowest BCUT2D eigenvalue weighted by atomic mass is 10.1. The molecule has 0 aliphatic heterocycles. The van der Waals surface area contributed by atoms with Gasteiger partial charge >= 0.3 is 0 Å². The van der Waals surface area contributed by atoms with E-state index >= 15 is 0 Å². The van der Waals surface area contributed by atoms with Gasteiger partial charge in [0, 0.05) is 10.0 Å². The summed E-state index contributed by atoms with van der Waals surface area (Å²) >= 11 is 3.28. The average molecular weight is 341 g/mol. The second kappa shape index (κ2) is 6.01. The van der Waals surface area contributed by atoms with Crippen molar-refractivity contribution in [3.05, 3.63) is 46.2 Å². The number of hydrogen-bond acceptors (Lipinski definition) is 3. The van der Waals surface area contributed by atoms with E-state index < -0.39 is 0 Å². The quantitative estimate of drug-likeness (QED) is 0.929. The molecule has 0 saturated carbocycles. The summed E-state index contributed by atoms with van der Waals surface area (Å²) in [5, 5.41) is 7.70. The van der Waals surface area contributed by atoms with E-state index in [1.54, 1.807) is 11.0 Å². The fourth-order valence-corrected chi connectivity index (χ4v) is 2.24. The topological polar surface area (TPSA) is 42.7 Å². The Balaban J connectivity index is 2.02. The summed E-state index contributed by atoms with van der Waals surface area (Å²) in [5.41, 5.74) is 0.871. The molecule has 0 saturated heterocycles. The third kappa shape index (κ3) is 4.68. The van der Waals surface area contributed by atoms with Crippen LogP contribution in [0.5, 0.6) is 0 Å². The van der Waals surface area contributed by atoms with Crippen LogP contribution in [0.3, 0.4) is 0 Å². The van der Waals surface area contributed by atoms with Gasteiger partial charge in [0.25, 0.3) is 0 Å². The molecular weight excluding hydrogens is 323 g/mol. The van der Waals surface area contributed by atoms with Crippen molar-refractivity contribution in [2.24, 2.45) is 0 Å². The van der Waals surface area contributed by atoms with Gasteiger partial charge in [0.1, 0.15) is 12.1 Å². The van der Waals surface area contributed by atoms with Crippen molar-refractivity contribution in [2.75, 3.05) is 0 Å². The van der Waals surface area contributed by atoms with E-state index in [0.29, 0.717) is 13.1 Å². The van der Waals surface area contributed by atoms with Crippen LogP contribution >= 0.6 is 15.9 Å². The first-order valence-electron chi connectivity index (χ1n) is 6.40.